The van der Waals surface area contributed by atoms with Crippen molar-refractivity contribution in [1.82, 2.24) is 0 Å². The van der Waals surface area contributed by atoms with Crippen molar-refractivity contribution in [1.29, 1.82) is 0 Å². The fourth-order valence-corrected chi connectivity index (χ4v) is 28.0. The zero-order valence-corrected chi connectivity index (χ0v) is 44.7. The molecule has 0 aromatic heterocycles. The molecule has 6 aromatic carbocycles. The van der Waals surface area contributed by atoms with E-state index in [0.717, 1.165) is 6.42 Å². The second-order valence-electron chi connectivity index (χ2n) is 21.9. The number of benzene rings is 6. The third kappa shape index (κ3) is 9.69. The average molecular weight is 1040 g/mol. The number of halogens is 2. The van der Waals surface area contributed by atoms with Gasteiger partial charge in [0.05, 0.1) is 0 Å². The van der Waals surface area contributed by atoms with E-state index in [1.165, 1.54) is 77.9 Å². The van der Waals surface area contributed by atoms with E-state index in [9.17, 15) is 0 Å². The minimum Gasteiger partial charge on any atom is -1.00 e. The largest absolute Gasteiger partial charge is 1.00 e. The van der Waals surface area contributed by atoms with Gasteiger partial charge >= 0.3 is 374 Å². The zero-order valence-electron chi connectivity index (χ0n) is 39.6. The van der Waals surface area contributed by atoms with Crippen molar-refractivity contribution in [3.63, 3.8) is 0 Å². The summed E-state index contributed by atoms with van der Waals surface area (Å²) < 4.78 is 7.58. The van der Waals surface area contributed by atoms with Crippen LogP contribution in [0, 0.1) is 0 Å². The maximum absolute atomic E-state index is 4.25. The molecule has 0 spiro atoms. The average Bonchev–Trinajstić information content (AvgIpc) is 3.87. The standard InChI is InChI=1S/C29H41.2C13H10.C5H5.2ClH.Hf/c1-26(2,3)22-14-18-13-19-15-23(27(4,5)6)25(29(10,11)12)17-21(19)20(18)16-24(22)28(7,8)9;2*1-11-7-9-13(10-8-11)12-5-3-2-4-6-12;1-2-4-5-3-1;;;/h13-17H,1-12H3;2*1-10H;1-3H,4H2;2*1H;/q;;;;;;+2/p-2. The summed E-state index contributed by atoms with van der Waals surface area (Å²) in [5.74, 6) is 0. The van der Waals surface area contributed by atoms with Crippen LogP contribution in [0.4, 0.5) is 0 Å². The van der Waals surface area contributed by atoms with E-state index < -0.39 is 19.0 Å². The smallest absolute Gasteiger partial charge is 1.00 e. The maximum Gasteiger partial charge on any atom is -1.00 e. The molecule has 0 aliphatic heterocycles. The predicted molar refractivity (Wildman–Crippen MR) is 264 cm³/mol. The Kier molecular flexibility index (Phi) is 13.9. The van der Waals surface area contributed by atoms with Gasteiger partial charge in [0.25, 0.3) is 0 Å². The van der Waals surface area contributed by atoms with E-state index in [4.69, 9.17) is 0 Å². The third-order valence-electron chi connectivity index (χ3n) is 13.2. The summed E-state index contributed by atoms with van der Waals surface area (Å²) >= 11 is -4.25. The van der Waals surface area contributed by atoms with Crippen molar-refractivity contribution in [3.05, 3.63) is 200 Å². The molecule has 0 fully saturated rings. The topological polar surface area (TPSA) is 0 Å². The first-order chi connectivity index (χ1) is 28.7. The normalized spacial score (nSPS) is 13.5. The molecular weight excluding hydrogens is 970 g/mol. The molecule has 2 aliphatic carbocycles. The molecule has 63 heavy (non-hydrogen) atoms. The van der Waals surface area contributed by atoms with E-state index in [0.29, 0.717) is 0 Å². The van der Waals surface area contributed by atoms with E-state index in [1.54, 1.807) is 3.33 Å². The monoisotopic (exact) mass is 1040 g/mol. The van der Waals surface area contributed by atoms with Gasteiger partial charge in [0.2, 0.25) is 0 Å². The Morgan fingerprint density at radius 1 is 0.429 bits per heavy atom. The van der Waals surface area contributed by atoms with Gasteiger partial charge in [-0.25, -0.2) is 0 Å². The second kappa shape index (κ2) is 18.1. The number of rotatable bonds is 6. The fraction of sp³-hybridized carbons (Fsp3) is 0.300. The Balaban J connectivity index is 0.00000330. The maximum atomic E-state index is 2.85. The third-order valence-corrected chi connectivity index (χ3v) is 30.0. The minimum absolute atomic E-state index is 0. The van der Waals surface area contributed by atoms with Gasteiger partial charge in [-0.3, -0.25) is 0 Å². The quantitative estimate of drug-likeness (QED) is 0.146. The first kappa shape index (κ1) is 48.4. The molecule has 0 saturated heterocycles. The summed E-state index contributed by atoms with van der Waals surface area (Å²) in [5, 5.41) is 0. The van der Waals surface area contributed by atoms with Crippen LogP contribution in [-0.2, 0) is 40.7 Å². The summed E-state index contributed by atoms with van der Waals surface area (Å²) in [6.07, 6.45) is 8.27. The van der Waals surface area contributed by atoms with Crippen molar-refractivity contribution in [2.45, 2.75) is 115 Å². The van der Waals surface area contributed by atoms with E-state index in [2.05, 4.69) is 242 Å². The van der Waals surface area contributed by atoms with Gasteiger partial charge in [-0.1, -0.05) is 0 Å². The van der Waals surface area contributed by atoms with Crippen LogP contribution in [0.25, 0.3) is 33.4 Å². The van der Waals surface area contributed by atoms with Gasteiger partial charge in [0, 0.05) is 0 Å². The summed E-state index contributed by atoms with van der Waals surface area (Å²) in [4.78, 5) is 0. The summed E-state index contributed by atoms with van der Waals surface area (Å²) in [6, 6.07) is 51.2. The van der Waals surface area contributed by atoms with Crippen molar-refractivity contribution in [2.24, 2.45) is 0 Å². The molecule has 8 rings (SSSR count). The van der Waals surface area contributed by atoms with Gasteiger partial charge in [0.1, 0.15) is 0 Å². The van der Waals surface area contributed by atoms with Crippen LogP contribution in [-0.4, -0.2) is 7.52 Å². The molecule has 6 aromatic rings. The number of hydrogen-bond donors (Lipinski definition) is 0. The van der Waals surface area contributed by atoms with Crippen LogP contribution in [0.2, 0.25) is 0 Å². The molecule has 3 heteroatoms. The van der Waals surface area contributed by atoms with Crippen LogP contribution in [0.5, 0.6) is 0 Å². The van der Waals surface area contributed by atoms with Crippen molar-refractivity contribution in [3.8, 4) is 33.4 Å². The molecule has 0 atom stereocenters. The Labute approximate surface area is 396 Å². The fourth-order valence-electron chi connectivity index (χ4n) is 10.0. The van der Waals surface area contributed by atoms with Gasteiger partial charge < -0.3 is 24.8 Å². The minimum atomic E-state index is -4.25. The van der Waals surface area contributed by atoms with Gasteiger partial charge in [-0.05, 0) is 0 Å². The van der Waals surface area contributed by atoms with Gasteiger partial charge in [0.15, 0.2) is 0 Å². The summed E-state index contributed by atoms with van der Waals surface area (Å²) in [6.45, 7) is 28.9. The van der Waals surface area contributed by atoms with E-state index in [1.807, 2.05) is 0 Å². The van der Waals surface area contributed by atoms with E-state index in [-0.39, 0.29) is 50.1 Å². The van der Waals surface area contributed by atoms with Crippen LogP contribution in [0.15, 0.2) is 155 Å². The molecule has 0 saturated carbocycles. The Hall–Kier alpha value is -4.01. The van der Waals surface area contributed by atoms with Gasteiger partial charge in [-0.2, -0.15) is 0 Å². The first-order valence-electron chi connectivity index (χ1n) is 22.5. The first-order valence-corrected chi connectivity index (χ1v) is 30.5. The number of fused-ring (bicyclic) bond motifs is 3. The molecule has 0 N–H and O–H groups in total. The summed E-state index contributed by atoms with van der Waals surface area (Å²) in [7, 11) is 0. The number of allylic oxidation sites excluding steroid dienone is 4. The van der Waals surface area contributed by atoms with Crippen LogP contribution >= 0.6 is 0 Å². The molecule has 324 valence electrons. The predicted octanol–water partition coefficient (Wildman–Crippen LogP) is 9.99. The van der Waals surface area contributed by atoms with Crippen LogP contribution < -0.4 is 24.8 Å². The van der Waals surface area contributed by atoms with Crippen molar-refractivity contribution >= 4 is 7.52 Å². The van der Waals surface area contributed by atoms with Crippen LogP contribution in [0.3, 0.4) is 0 Å². The molecule has 0 amide bonds. The van der Waals surface area contributed by atoms with Gasteiger partial charge in [-0.15, -0.1) is 0 Å². The Bertz CT molecular complexity index is 2610. The SMILES string of the molecule is CC(C)(C)c1cc2c(cc1C(C)(C)C)[CH]([Hf+2](=[CH]c1ccc(-c3ccccc3)cc1)(=[CH]c1ccc(-c3ccccc3)cc1)[C]1=CC=CC1)c1cc(C(C)(C)C)c(C(C)(C)C)cc1-2.[Cl-].[Cl-]. The van der Waals surface area contributed by atoms with Crippen molar-refractivity contribution in [2.75, 3.05) is 0 Å². The van der Waals surface area contributed by atoms with E-state index >= 15 is 0 Å². The molecule has 2 aliphatic rings. The molecule has 0 bridgehead atoms. The zero-order chi connectivity index (χ0) is 43.5. The Morgan fingerprint density at radius 3 is 1.08 bits per heavy atom. The van der Waals surface area contributed by atoms with Crippen LogP contribution in [0.1, 0.15) is 138 Å². The molecular formula is C60H66Cl2Hf. The summed E-state index contributed by atoms with van der Waals surface area (Å²) in [5.41, 5.74) is 19.4. The number of hydrogen-bond acceptors (Lipinski definition) is 0. The van der Waals surface area contributed by atoms with Crippen molar-refractivity contribution < 1.29 is 43.8 Å². The molecule has 0 nitrogen and oxygen atoms in total. The molecule has 0 unspecified atom stereocenters. The Morgan fingerprint density at radius 2 is 0.762 bits per heavy atom. The second-order valence-corrected chi connectivity index (χ2v) is 35.1. The molecule has 0 radical (unpaired) electrons. The molecule has 0 heterocycles.